The summed E-state index contributed by atoms with van der Waals surface area (Å²) in [7, 11) is 0. The van der Waals surface area contributed by atoms with Crippen LogP contribution in [0.25, 0.3) is 10.9 Å². The first-order chi connectivity index (χ1) is 11.7. The Balaban J connectivity index is 1.49. The number of hydrogen-bond acceptors (Lipinski definition) is 4. The Labute approximate surface area is 138 Å². The molecule has 0 aliphatic rings. The Morgan fingerprint density at radius 1 is 1.17 bits per heavy atom. The third-order valence-corrected chi connectivity index (χ3v) is 3.71. The largest absolute Gasteiger partial charge is 0.384 e. The Bertz CT molecular complexity index is 864. The van der Waals surface area contributed by atoms with Crippen molar-refractivity contribution in [1.82, 2.24) is 15.3 Å². The van der Waals surface area contributed by atoms with E-state index >= 15 is 0 Å². The molecular weight excluding hydrogens is 307 g/mol. The molecule has 2 aromatic heterocycles. The van der Waals surface area contributed by atoms with Crippen LogP contribution in [0.3, 0.4) is 0 Å². The van der Waals surface area contributed by atoms with Gasteiger partial charge in [0.2, 0.25) is 0 Å². The lowest BCUT2D eigenvalue weighted by Gasteiger charge is -2.08. The van der Waals surface area contributed by atoms with Gasteiger partial charge in [-0.05, 0) is 37.2 Å². The van der Waals surface area contributed by atoms with Crippen LogP contribution < -0.4 is 16.1 Å². The van der Waals surface area contributed by atoms with Crippen LogP contribution in [0.1, 0.15) is 12.1 Å². The van der Waals surface area contributed by atoms with Crippen LogP contribution in [0.4, 0.5) is 10.1 Å². The second kappa shape index (κ2) is 7.70. The van der Waals surface area contributed by atoms with Crippen molar-refractivity contribution in [2.24, 2.45) is 0 Å². The van der Waals surface area contributed by atoms with E-state index in [4.69, 9.17) is 0 Å². The van der Waals surface area contributed by atoms with Gasteiger partial charge in [0.25, 0.3) is 0 Å². The molecule has 3 rings (SSSR count). The van der Waals surface area contributed by atoms with E-state index in [0.29, 0.717) is 17.6 Å². The minimum absolute atomic E-state index is 0.168. The highest BCUT2D eigenvalue weighted by Crippen LogP contribution is 2.12. The number of rotatable bonds is 7. The standard InChI is InChI=1S/C18H19FN4O/c19-16-6-1-5-15-17(24)10-14(23-18(15)16)12-21-8-3-9-22-13-4-2-7-20-11-13/h1-2,4-7,10-11,21-22H,3,8-9,12H2,(H,23,24). The molecule has 24 heavy (non-hydrogen) atoms. The maximum Gasteiger partial charge on any atom is 0.189 e. The molecule has 124 valence electrons. The van der Waals surface area contributed by atoms with Crippen molar-refractivity contribution in [3.8, 4) is 0 Å². The summed E-state index contributed by atoms with van der Waals surface area (Å²) in [6, 6.07) is 9.88. The smallest absolute Gasteiger partial charge is 0.189 e. The van der Waals surface area contributed by atoms with Gasteiger partial charge >= 0.3 is 0 Å². The van der Waals surface area contributed by atoms with Crippen LogP contribution in [-0.2, 0) is 6.54 Å². The van der Waals surface area contributed by atoms with Crippen molar-refractivity contribution in [2.45, 2.75) is 13.0 Å². The summed E-state index contributed by atoms with van der Waals surface area (Å²) in [6.07, 6.45) is 4.43. The molecule has 0 unspecified atom stereocenters. The highest BCUT2D eigenvalue weighted by molar-refractivity contribution is 5.78. The minimum Gasteiger partial charge on any atom is -0.384 e. The lowest BCUT2D eigenvalue weighted by atomic mass is 10.2. The third-order valence-electron chi connectivity index (χ3n) is 3.71. The van der Waals surface area contributed by atoms with E-state index in [2.05, 4.69) is 20.6 Å². The first-order valence-corrected chi connectivity index (χ1v) is 7.89. The van der Waals surface area contributed by atoms with Gasteiger partial charge in [0.1, 0.15) is 5.82 Å². The first kappa shape index (κ1) is 16.1. The van der Waals surface area contributed by atoms with Crippen molar-refractivity contribution < 1.29 is 4.39 Å². The quantitative estimate of drug-likeness (QED) is 0.584. The Morgan fingerprint density at radius 3 is 2.92 bits per heavy atom. The van der Waals surface area contributed by atoms with Gasteiger partial charge in [-0.1, -0.05) is 6.07 Å². The molecule has 0 radical (unpaired) electrons. The van der Waals surface area contributed by atoms with Crippen molar-refractivity contribution in [1.29, 1.82) is 0 Å². The fraction of sp³-hybridized carbons (Fsp3) is 0.222. The minimum atomic E-state index is -0.410. The number of fused-ring (bicyclic) bond motifs is 1. The number of aromatic nitrogens is 2. The topological polar surface area (TPSA) is 69.8 Å². The van der Waals surface area contributed by atoms with Gasteiger partial charge in [-0.25, -0.2) is 4.39 Å². The molecule has 0 saturated carbocycles. The zero-order chi connectivity index (χ0) is 16.8. The molecule has 6 heteroatoms. The molecule has 0 fully saturated rings. The summed E-state index contributed by atoms with van der Waals surface area (Å²) in [5.41, 5.74) is 1.77. The van der Waals surface area contributed by atoms with Crippen molar-refractivity contribution >= 4 is 16.6 Å². The number of anilines is 1. The summed E-state index contributed by atoms with van der Waals surface area (Å²) in [5.74, 6) is -0.410. The normalized spacial score (nSPS) is 10.9. The van der Waals surface area contributed by atoms with Gasteiger partial charge in [-0.15, -0.1) is 0 Å². The predicted octanol–water partition coefficient (Wildman–Crippen LogP) is 2.65. The lowest BCUT2D eigenvalue weighted by molar-refractivity contribution is 0.632. The molecule has 0 bridgehead atoms. The summed E-state index contributed by atoms with van der Waals surface area (Å²) < 4.78 is 13.8. The van der Waals surface area contributed by atoms with Crippen LogP contribution in [0.2, 0.25) is 0 Å². The molecule has 0 aliphatic carbocycles. The molecule has 5 nitrogen and oxygen atoms in total. The molecule has 3 aromatic rings. The molecule has 0 aliphatic heterocycles. The van der Waals surface area contributed by atoms with Crippen LogP contribution in [-0.4, -0.2) is 23.1 Å². The first-order valence-electron chi connectivity index (χ1n) is 7.89. The molecule has 0 amide bonds. The zero-order valence-corrected chi connectivity index (χ0v) is 13.2. The maximum atomic E-state index is 13.8. The van der Waals surface area contributed by atoms with E-state index < -0.39 is 5.82 Å². The van der Waals surface area contributed by atoms with Gasteiger partial charge in [0.15, 0.2) is 5.43 Å². The number of benzene rings is 1. The summed E-state index contributed by atoms with van der Waals surface area (Å²) in [5, 5.41) is 6.90. The molecule has 0 saturated heterocycles. The Kier molecular flexibility index (Phi) is 5.18. The van der Waals surface area contributed by atoms with E-state index in [1.165, 1.54) is 12.1 Å². The highest BCUT2D eigenvalue weighted by Gasteiger charge is 2.05. The number of H-pyrrole nitrogens is 1. The molecule has 1 aromatic carbocycles. The zero-order valence-electron chi connectivity index (χ0n) is 13.2. The molecule has 3 N–H and O–H groups in total. The van der Waals surface area contributed by atoms with E-state index in [0.717, 1.165) is 25.2 Å². The van der Waals surface area contributed by atoms with Crippen LogP contribution in [0.15, 0.2) is 53.6 Å². The maximum absolute atomic E-state index is 13.8. The Hall–Kier alpha value is -2.73. The number of hydrogen-bond donors (Lipinski definition) is 3. The van der Waals surface area contributed by atoms with Crippen molar-refractivity contribution in [3.05, 3.63) is 70.5 Å². The van der Waals surface area contributed by atoms with Gasteiger partial charge in [0.05, 0.1) is 11.2 Å². The molecule has 0 spiro atoms. The van der Waals surface area contributed by atoms with E-state index in [1.807, 2.05) is 12.1 Å². The number of para-hydroxylation sites is 1. The van der Waals surface area contributed by atoms with Crippen LogP contribution in [0, 0.1) is 5.82 Å². The van der Waals surface area contributed by atoms with Crippen LogP contribution in [0.5, 0.6) is 0 Å². The number of nitrogens with zero attached hydrogens (tertiary/aromatic N) is 1. The highest BCUT2D eigenvalue weighted by atomic mass is 19.1. The van der Waals surface area contributed by atoms with Gasteiger partial charge in [-0.3, -0.25) is 9.78 Å². The molecule has 0 atom stereocenters. The molecule has 2 heterocycles. The average Bonchev–Trinajstić information content (AvgIpc) is 2.60. The lowest BCUT2D eigenvalue weighted by Crippen LogP contribution is -2.19. The molecular formula is C18H19FN4O. The van der Waals surface area contributed by atoms with Gasteiger partial charge in [-0.2, -0.15) is 0 Å². The van der Waals surface area contributed by atoms with E-state index in [1.54, 1.807) is 24.5 Å². The number of aromatic amines is 1. The summed E-state index contributed by atoms with van der Waals surface area (Å²) in [4.78, 5) is 19.0. The Morgan fingerprint density at radius 2 is 2.08 bits per heavy atom. The number of nitrogens with one attached hydrogen (secondary N) is 3. The number of halogens is 1. The number of pyridine rings is 2. The SMILES string of the molecule is O=c1cc(CNCCCNc2cccnc2)[nH]c2c(F)cccc12. The van der Waals surface area contributed by atoms with Gasteiger partial charge in [0, 0.05) is 42.6 Å². The van der Waals surface area contributed by atoms with Gasteiger partial charge < -0.3 is 15.6 Å². The second-order valence-electron chi connectivity index (χ2n) is 5.52. The van der Waals surface area contributed by atoms with Crippen LogP contribution >= 0.6 is 0 Å². The third kappa shape index (κ3) is 3.97. The van der Waals surface area contributed by atoms with E-state index in [-0.39, 0.29) is 10.9 Å². The van der Waals surface area contributed by atoms with Crippen molar-refractivity contribution in [2.75, 3.05) is 18.4 Å². The summed E-state index contributed by atoms with van der Waals surface area (Å²) in [6.45, 7) is 2.10. The fourth-order valence-electron chi connectivity index (χ4n) is 2.52. The summed E-state index contributed by atoms with van der Waals surface area (Å²) >= 11 is 0. The predicted molar refractivity (Wildman–Crippen MR) is 93.6 cm³/mol. The monoisotopic (exact) mass is 326 g/mol. The van der Waals surface area contributed by atoms with E-state index in [9.17, 15) is 9.18 Å². The average molecular weight is 326 g/mol. The second-order valence-corrected chi connectivity index (χ2v) is 5.52. The fourth-order valence-corrected chi connectivity index (χ4v) is 2.52. The van der Waals surface area contributed by atoms with Crippen molar-refractivity contribution in [3.63, 3.8) is 0 Å².